The van der Waals surface area contributed by atoms with Gasteiger partial charge in [0.05, 0.1) is 17.1 Å². The number of aromatic nitrogens is 2. The topological polar surface area (TPSA) is 101 Å². The number of hydrogen-bond acceptors (Lipinski definition) is 8. The molecule has 0 spiro atoms. The second-order valence-corrected chi connectivity index (χ2v) is 13.5. The maximum atomic E-state index is 13.8. The van der Waals surface area contributed by atoms with Crippen LogP contribution in [0.3, 0.4) is 0 Å². The second kappa shape index (κ2) is 10.2. The van der Waals surface area contributed by atoms with Gasteiger partial charge in [-0.2, -0.15) is 0 Å². The van der Waals surface area contributed by atoms with Crippen molar-refractivity contribution in [2.45, 2.75) is 48.4 Å². The molecular weight excluding hydrogens is 517 g/mol. The fraction of sp³-hybridized carbons (Fsp3) is 0.320. The Kier molecular flexibility index (Phi) is 7.44. The molecule has 3 aromatic rings. The number of benzene rings is 2. The van der Waals surface area contributed by atoms with Crippen LogP contribution in [0.25, 0.3) is 0 Å². The lowest BCUT2D eigenvalue weighted by atomic mass is 9.86. The van der Waals surface area contributed by atoms with Crippen LogP contribution < -0.4 is 14.4 Å². The predicted octanol–water partition coefficient (Wildman–Crippen LogP) is 5.02. The first kappa shape index (κ1) is 26.2. The molecule has 8 nitrogen and oxygen atoms in total. The molecule has 2 aromatic carbocycles. The SMILES string of the molecule is C=CCSc1nnc(NC(=O)C2CN(S(=O)(=O)c3ccc(C)cc3)c3cc(C(C)(C)C)ccc3O2)s1. The summed E-state index contributed by atoms with van der Waals surface area (Å²) in [6, 6.07) is 12.1. The first-order valence-electron chi connectivity index (χ1n) is 11.3. The monoisotopic (exact) mass is 544 g/mol. The van der Waals surface area contributed by atoms with E-state index in [0.717, 1.165) is 11.1 Å². The van der Waals surface area contributed by atoms with Crippen LogP contribution in [0.2, 0.25) is 0 Å². The zero-order valence-corrected chi connectivity index (χ0v) is 23.0. The summed E-state index contributed by atoms with van der Waals surface area (Å²) in [6.07, 6.45) is 0.678. The number of nitrogens with zero attached hydrogens (tertiary/aromatic N) is 3. The molecule has 4 rings (SSSR count). The third kappa shape index (κ3) is 5.58. The minimum Gasteiger partial charge on any atom is -0.476 e. The van der Waals surface area contributed by atoms with Crippen LogP contribution in [0.1, 0.15) is 31.9 Å². The highest BCUT2D eigenvalue weighted by atomic mass is 32.2. The van der Waals surface area contributed by atoms with Crippen LogP contribution >= 0.6 is 23.1 Å². The number of carbonyl (C=O) groups excluding carboxylic acids is 1. The Labute approximate surface area is 219 Å². The summed E-state index contributed by atoms with van der Waals surface area (Å²) in [4.78, 5) is 13.3. The third-order valence-electron chi connectivity index (χ3n) is 5.56. The standard InChI is InChI=1S/C25H28N4O4S3/c1-6-13-34-24-28-27-23(35-24)26-22(30)21-15-29(36(31,32)18-10-7-16(2)8-11-18)19-14-17(25(3,4)5)9-12-20(19)33-21/h6-12,14,21H,1,13,15H2,2-5H3,(H,26,27,30). The molecule has 1 amide bonds. The molecule has 0 bridgehead atoms. The number of nitrogens with one attached hydrogen (secondary N) is 1. The van der Waals surface area contributed by atoms with Gasteiger partial charge in [0.15, 0.2) is 10.4 Å². The summed E-state index contributed by atoms with van der Waals surface area (Å²) in [7, 11) is -3.96. The Morgan fingerprint density at radius 2 is 1.97 bits per heavy atom. The maximum Gasteiger partial charge on any atom is 0.269 e. The predicted molar refractivity (Wildman–Crippen MR) is 145 cm³/mol. The average Bonchev–Trinajstić information content (AvgIpc) is 3.28. The summed E-state index contributed by atoms with van der Waals surface area (Å²) in [5.74, 6) is 0.499. The van der Waals surface area contributed by atoms with Gasteiger partial charge in [-0.1, -0.05) is 73.7 Å². The minimum absolute atomic E-state index is 0.147. The fourth-order valence-corrected chi connectivity index (χ4v) is 6.54. The zero-order valence-electron chi connectivity index (χ0n) is 20.5. The van der Waals surface area contributed by atoms with Gasteiger partial charge >= 0.3 is 0 Å². The molecule has 0 saturated heterocycles. The van der Waals surface area contributed by atoms with Crippen molar-refractivity contribution in [1.82, 2.24) is 10.2 Å². The van der Waals surface area contributed by atoms with E-state index in [1.165, 1.54) is 27.4 Å². The molecular formula is C25H28N4O4S3. The number of anilines is 2. The van der Waals surface area contributed by atoms with Gasteiger partial charge in [-0.15, -0.1) is 16.8 Å². The van der Waals surface area contributed by atoms with Crippen molar-refractivity contribution in [3.8, 4) is 5.75 Å². The third-order valence-corrected chi connectivity index (χ3v) is 9.32. The normalized spacial score (nSPS) is 15.7. The summed E-state index contributed by atoms with van der Waals surface area (Å²) < 4.78 is 35.5. The largest absolute Gasteiger partial charge is 0.476 e. The van der Waals surface area contributed by atoms with E-state index < -0.39 is 22.0 Å². The number of carbonyl (C=O) groups is 1. The highest BCUT2D eigenvalue weighted by Crippen LogP contribution is 2.40. The van der Waals surface area contributed by atoms with Crippen molar-refractivity contribution in [3.05, 3.63) is 66.2 Å². The number of aryl methyl sites for hydroxylation is 1. The lowest BCUT2D eigenvalue weighted by Gasteiger charge is -2.35. The summed E-state index contributed by atoms with van der Waals surface area (Å²) in [5, 5.41) is 11.1. The number of sulfonamides is 1. The van der Waals surface area contributed by atoms with E-state index >= 15 is 0 Å². The van der Waals surface area contributed by atoms with Crippen LogP contribution in [-0.4, -0.2) is 42.9 Å². The Morgan fingerprint density at radius 1 is 1.25 bits per heavy atom. The lowest BCUT2D eigenvalue weighted by molar-refractivity contribution is -0.122. The first-order valence-corrected chi connectivity index (χ1v) is 14.5. The van der Waals surface area contributed by atoms with E-state index in [4.69, 9.17) is 4.74 Å². The van der Waals surface area contributed by atoms with Crippen molar-refractivity contribution >= 4 is 49.8 Å². The number of ether oxygens (including phenoxy) is 1. The Hall–Kier alpha value is -2.89. The van der Waals surface area contributed by atoms with E-state index in [1.807, 2.05) is 19.1 Å². The molecule has 0 radical (unpaired) electrons. The van der Waals surface area contributed by atoms with Gasteiger partial charge in [0, 0.05) is 5.75 Å². The van der Waals surface area contributed by atoms with Crippen LogP contribution in [0.15, 0.2) is 64.4 Å². The number of hydrogen-bond donors (Lipinski definition) is 1. The second-order valence-electron chi connectivity index (χ2n) is 9.35. The van der Waals surface area contributed by atoms with Crippen molar-refractivity contribution in [2.24, 2.45) is 0 Å². The Morgan fingerprint density at radius 3 is 2.64 bits per heavy atom. The molecule has 1 unspecified atom stereocenters. The summed E-state index contributed by atoms with van der Waals surface area (Å²) in [6.45, 7) is 11.5. The fourth-order valence-electron chi connectivity index (χ4n) is 3.55. The molecule has 0 aliphatic carbocycles. The molecule has 2 heterocycles. The van der Waals surface area contributed by atoms with Gasteiger partial charge in [-0.25, -0.2) is 8.42 Å². The summed E-state index contributed by atoms with van der Waals surface area (Å²) in [5.41, 5.74) is 2.11. The van der Waals surface area contributed by atoms with Crippen LogP contribution in [0.5, 0.6) is 5.75 Å². The molecule has 1 N–H and O–H groups in total. The zero-order chi connectivity index (χ0) is 26.1. The van der Waals surface area contributed by atoms with Crippen LogP contribution in [0.4, 0.5) is 10.8 Å². The van der Waals surface area contributed by atoms with Crippen molar-refractivity contribution < 1.29 is 17.9 Å². The van der Waals surface area contributed by atoms with E-state index in [0.29, 0.717) is 26.7 Å². The lowest BCUT2D eigenvalue weighted by Crippen LogP contribution is -2.49. The van der Waals surface area contributed by atoms with E-state index in [9.17, 15) is 13.2 Å². The van der Waals surface area contributed by atoms with Gasteiger partial charge in [0.2, 0.25) is 5.13 Å². The van der Waals surface area contributed by atoms with Crippen LogP contribution in [0, 0.1) is 6.92 Å². The maximum absolute atomic E-state index is 13.8. The van der Waals surface area contributed by atoms with E-state index in [1.54, 1.807) is 36.4 Å². The van der Waals surface area contributed by atoms with Gasteiger partial charge in [0.25, 0.3) is 15.9 Å². The van der Waals surface area contributed by atoms with Crippen molar-refractivity contribution in [2.75, 3.05) is 21.9 Å². The van der Waals surface area contributed by atoms with Gasteiger partial charge in [-0.05, 0) is 42.2 Å². The van der Waals surface area contributed by atoms with E-state index in [-0.39, 0.29) is 16.9 Å². The van der Waals surface area contributed by atoms with E-state index in [2.05, 4.69) is 42.9 Å². The van der Waals surface area contributed by atoms with Gasteiger partial charge in [0.1, 0.15) is 5.75 Å². The average molecular weight is 545 g/mol. The molecule has 36 heavy (non-hydrogen) atoms. The first-order chi connectivity index (χ1) is 17.0. The number of thioether (sulfide) groups is 1. The molecule has 11 heteroatoms. The van der Waals surface area contributed by atoms with Crippen molar-refractivity contribution in [1.29, 1.82) is 0 Å². The number of fused-ring (bicyclic) bond motifs is 1. The highest BCUT2D eigenvalue weighted by Gasteiger charge is 2.38. The van der Waals surface area contributed by atoms with Crippen LogP contribution in [-0.2, 0) is 20.2 Å². The molecule has 1 aliphatic heterocycles. The number of amides is 1. The molecule has 1 atom stereocenters. The molecule has 190 valence electrons. The Bertz CT molecular complexity index is 1380. The van der Waals surface area contributed by atoms with Gasteiger partial charge < -0.3 is 4.74 Å². The smallest absolute Gasteiger partial charge is 0.269 e. The van der Waals surface area contributed by atoms with Crippen molar-refractivity contribution in [3.63, 3.8) is 0 Å². The number of rotatable bonds is 7. The quantitative estimate of drug-likeness (QED) is 0.253. The molecule has 0 fully saturated rings. The Balaban J connectivity index is 1.68. The molecule has 0 saturated carbocycles. The minimum atomic E-state index is -3.96. The molecule has 1 aromatic heterocycles. The van der Waals surface area contributed by atoms with Gasteiger partial charge in [-0.3, -0.25) is 14.4 Å². The summed E-state index contributed by atoms with van der Waals surface area (Å²) >= 11 is 2.69. The highest BCUT2D eigenvalue weighted by molar-refractivity contribution is 8.01. The molecule has 1 aliphatic rings.